The van der Waals surface area contributed by atoms with E-state index >= 15 is 0 Å². The molecule has 1 N–H and O–H groups in total. The minimum Gasteiger partial charge on any atom is -0.349 e. The van der Waals surface area contributed by atoms with Crippen molar-refractivity contribution in [2.24, 2.45) is 0 Å². The van der Waals surface area contributed by atoms with Gasteiger partial charge in [0.1, 0.15) is 0 Å². The number of anilines is 1. The van der Waals surface area contributed by atoms with Crippen LogP contribution in [0.4, 0.5) is 18.9 Å². The second-order valence-corrected chi connectivity index (χ2v) is 6.45. The summed E-state index contributed by atoms with van der Waals surface area (Å²) in [6, 6.07) is 7.25. The van der Waals surface area contributed by atoms with Crippen LogP contribution in [0.25, 0.3) is 0 Å². The molecule has 8 heteroatoms. The lowest BCUT2D eigenvalue weighted by molar-refractivity contribution is -0.137. The van der Waals surface area contributed by atoms with E-state index in [4.69, 9.17) is 11.6 Å². The largest absolute Gasteiger partial charge is 0.418 e. The molecule has 0 spiro atoms. The number of aromatic nitrogens is 1. The summed E-state index contributed by atoms with van der Waals surface area (Å²) in [5, 5.41) is 2.33. The van der Waals surface area contributed by atoms with Gasteiger partial charge in [0, 0.05) is 36.0 Å². The molecule has 25 heavy (non-hydrogen) atoms. The number of benzene rings is 1. The predicted molar refractivity (Wildman–Crippen MR) is 89.5 cm³/mol. The molecule has 0 saturated carbocycles. The third-order valence-corrected chi connectivity index (χ3v) is 4.61. The van der Waals surface area contributed by atoms with E-state index in [1.54, 1.807) is 0 Å². The standard InChI is InChI=1S/C17H17ClF3N3O/c1-11-15-3-2-6-23(15)7-8-24(11)10-16(25)22-14-5-4-12(18)9-13(14)17(19,20)21/h2-6,9,11H,7-8,10H2,1H3,(H,22,25). The Balaban J connectivity index is 1.72. The van der Waals surface area contributed by atoms with Crippen molar-refractivity contribution in [1.82, 2.24) is 9.47 Å². The number of alkyl halides is 3. The maximum Gasteiger partial charge on any atom is 0.418 e. The van der Waals surface area contributed by atoms with E-state index in [1.807, 2.05) is 30.2 Å². The van der Waals surface area contributed by atoms with Crippen molar-refractivity contribution in [3.05, 3.63) is 52.8 Å². The van der Waals surface area contributed by atoms with Crippen LogP contribution in [0, 0.1) is 0 Å². The molecule has 4 nitrogen and oxygen atoms in total. The number of amides is 1. The minimum absolute atomic E-state index is 0.0156. The van der Waals surface area contributed by atoms with Gasteiger partial charge < -0.3 is 9.88 Å². The van der Waals surface area contributed by atoms with Crippen molar-refractivity contribution in [3.8, 4) is 0 Å². The van der Waals surface area contributed by atoms with Crippen LogP contribution in [-0.2, 0) is 17.5 Å². The van der Waals surface area contributed by atoms with Crippen LogP contribution < -0.4 is 5.32 Å². The Morgan fingerprint density at radius 3 is 2.80 bits per heavy atom. The maximum atomic E-state index is 13.1. The Morgan fingerprint density at radius 2 is 2.08 bits per heavy atom. The smallest absolute Gasteiger partial charge is 0.349 e. The van der Waals surface area contributed by atoms with E-state index in [2.05, 4.69) is 9.88 Å². The van der Waals surface area contributed by atoms with Gasteiger partial charge in [-0.1, -0.05) is 11.6 Å². The molecule has 2 aromatic rings. The average molecular weight is 372 g/mol. The first-order valence-electron chi connectivity index (χ1n) is 7.81. The van der Waals surface area contributed by atoms with E-state index in [-0.39, 0.29) is 23.3 Å². The molecule has 0 bridgehead atoms. The quantitative estimate of drug-likeness (QED) is 0.879. The van der Waals surface area contributed by atoms with E-state index in [0.717, 1.165) is 18.3 Å². The molecule has 1 aliphatic rings. The molecule has 1 aromatic heterocycles. The molecule has 134 valence electrons. The molecule has 0 fully saturated rings. The van der Waals surface area contributed by atoms with Crippen molar-refractivity contribution in [3.63, 3.8) is 0 Å². The Morgan fingerprint density at radius 1 is 1.32 bits per heavy atom. The fourth-order valence-electron chi connectivity index (χ4n) is 3.08. The van der Waals surface area contributed by atoms with E-state index in [0.29, 0.717) is 6.54 Å². The van der Waals surface area contributed by atoms with Crippen LogP contribution in [0.3, 0.4) is 0 Å². The highest BCUT2D eigenvalue weighted by Crippen LogP contribution is 2.36. The van der Waals surface area contributed by atoms with Gasteiger partial charge in [0.15, 0.2) is 0 Å². The first-order chi connectivity index (χ1) is 11.8. The number of nitrogens with one attached hydrogen (secondary N) is 1. The molecule has 1 aliphatic heterocycles. The van der Waals surface area contributed by atoms with E-state index in [1.165, 1.54) is 12.1 Å². The topological polar surface area (TPSA) is 37.3 Å². The Bertz CT molecular complexity index is 788. The number of hydrogen-bond donors (Lipinski definition) is 1. The Hall–Kier alpha value is -1.99. The van der Waals surface area contributed by atoms with Crippen molar-refractivity contribution < 1.29 is 18.0 Å². The molecule has 0 saturated heterocycles. The summed E-state index contributed by atoms with van der Waals surface area (Å²) >= 11 is 5.65. The second kappa shape index (κ2) is 6.72. The van der Waals surface area contributed by atoms with Gasteiger partial charge in [0.2, 0.25) is 5.91 Å². The Kier molecular flexibility index (Phi) is 4.79. The molecule has 1 unspecified atom stereocenters. The van der Waals surface area contributed by atoms with Gasteiger partial charge >= 0.3 is 6.18 Å². The fourth-order valence-corrected chi connectivity index (χ4v) is 3.25. The molecule has 1 amide bonds. The summed E-state index contributed by atoms with van der Waals surface area (Å²) in [5.41, 5.74) is -0.148. The molecule has 2 heterocycles. The monoisotopic (exact) mass is 371 g/mol. The lowest BCUT2D eigenvalue weighted by Crippen LogP contribution is -2.41. The Labute approximate surface area is 148 Å². The van der Waals surface area contributed by atoms with Gasteiger partial charge in [-0.25, -0.2) is 0 Å². The van der Waals surface area contributed by atoms with Crippen molar-refractivity contribution in [2.75, 3.05) is 18.4 Å². The van der Waals surface area contributed by atoms with Crippen LogP contribution in [0.15, 0.2) is 36.5 Å². The van der Waals surface area contributed by atoms with Crippen molar-refractivity contribution in [2.45, 2.75) is 25.7 Å². The zero-order valence-corrected chi connectivity index (χ0v) is 14.2. The highest BCUT2D eigenvalue weighted by atomic mass is 35.5. The lowest BCUT2D eigenvalue weighted by Gasteiger charge is -2.34. The summed E-state index contributed by atoms with van der Waals surface area (Å²) < 4.78 is 41.4. The molecule has 0 aliphatic carbocycles. The molecular formula is C17H17ClF3N3O. The van der Waals surface area contributed by atoms with Crippen molar-refractivity contribution >= 4 is 23.2 Å². The summed E-state index contributed by atoms with van der Waals surface area (Å²) in [6.07, 6.45) is -2.61. The van der Waals surface area contributed by atoms with Gasteiger partial charge in [-0.05, 0) is 37.3 Å². The third-order valence-electron chi connectivity index (χ3n) is 4.38. The zero-order chi connectivity index (χ0) is 18.2. The van der Waals surface area contributed by atoms with Crippen LogP contribution >= 0.6 is 11.6 Å². The van der Waals surface area contributed by atoms with Crippen LogP contribution in [-0.4, -0.2) is 28.5 Å². The average Bonchev–Trinajstić information content (AvgIpc) is 3.00. The number of carbonyl (C=O) groups is 1. The SMILES string of the molecule is CC1c2cccn2CCN1CC(=O)Nc1ccc(Cl)cc1C(F)(F)F. The van der Waals surface area contributed by atoms with Crippen LogP contribution in [0.5, 0.6) is 0 Å². The first-order valence-corrected chi connectivity index (χ1v) is 8.19. The van der Waals surface area contributed by atoms with Crippen LogP contribution in [0.1, 0.15) is 24.2 Å². The molecule has 1 aromatic carbocycles. The van der Waals surface area contributed by atoms with Gasteiger partial charge in [0.05, 0.1) is 17.8 Å². The summed E-state index contributed by atoms with van der Waals surface area (Å²) in [4.78, 5) is 14.2. The molecule has 1 atom stereocenters. The number of nitrogens with zero attached hydrogens (tertiary/aromatic N) is 2. The fraction of sp³-hybridized carbons (Fsp3) is 0.353. The zero-order valence-electron chi connectivity index (χ0n) is 13.5. The predicted octanol–water partition coefficient (Wildman–Crippen LogP) is 4.18. The third kappa shape index (κ3) is 3.82. The maximum absolute atomic E-state index is 13.1. The lowest BCUT2D eigenvalue weighted by atomic mass is 10.1. The number of halogens is 4. The summed E-state index contributed by atoms with van der Waals surface area (Å²) in [5.74, 6) is -0.486. The first kappa shape index (κ1) is 17.8. The highest BCUT2D eigenvalue weighted by Gasteiger charge is 2.34. The number of carbonyl (C=O) groups excluding carboxylic acids is 1. The second-order valence-electron chi connectivity index (χ2n) is 6.01. The summed E-state index contributed by atoms with van der Waals surface area (Å²) in [7, 11) is 0. The number of fused-ring (bicyclic) bond motifs is 1. The summed E-state index contributed by atoms with van der Waals surface area (Å²) in [6.45, 7) is 3.39. The van der Waals surface area contributed by atoms with Gasteiger partial charge in [-0.2, -0.15) is 13.2 Å². The normalized spacial score (nSPS) is 18.0. The van der Waals surface area contributed by atoms with Gasteiger partial charge in [0.25, 0.3) is 0 Å². The van der Waals surface area contributed by atoms with Crippen LogP contribution in [0.2, 0.25) is 5.02 Å². The van der Waals surface area contributed by atoms with Crippen molar-refractivity contribution in [1.29, 1.82) is 0 Å². The molecular weight excluding hydrogens is 355 g/mol. The van der Waals surface area contributed by atoms with Gasteiger partial charge in [-0.15, -0.1) is 0 Å². The van der Waals surface area contributed by atoms with Gasteiger partial charge in [-0.3, -0.25) is 9.69 Å². The van der Waals surface area contributed by atoms with E-state index < -0.39 is 17.6 Å². The highest BCUT2D eigenvalue weighted by molar-refractivity contribution is 6.30. The molecule has 0 radical (unpaired) electrons. The minimum atomic E-state index is -4.59. The van der Waals surface area contributed by atoms with E-state index in [9.17, 15) is 18.0 Å². The number of hydrogen-bond acceptors (Lipinski definition) is 2. The molecule has 3 rings (SSSR count). The number of rotatable bonds is 3.